The number of anilines is 1. The van der Waals surface area contributed by atoms with E-state index in [1.807, 2.05) is 0 Å². The fourth-order valence-electron chi connectivity index (χ4n) is 1.13. The Morgan fingerprint density at radius 3 is 2.60 bits per heavy atom. The predicted octanol–water partition coefficient (Wildman–Crippen LogP) is 2.23. The van der Waals surface area contributed by atoms with Gasteiger partial charge in [-0.25, -0.2) is 0 Å². The molecule has 0 atom stereocenters. The minimum Gasteiger partial charge on any atom is -0.358 e. The van der Waals surface area contributed by atoms with Gasteiger partial charge in [0.1, 0.15) is 0 Å². The van der Waals surface area contributed by atoms with Crippen molar-refractivity contribution in [2.45, 2.75) is 0 Å². The molecule has 0 aliphatic heterocycles. The van der Waals surface area contributed by atoms with E-state index in [2.05, 4.69) is 18.1 Å². The van der Waals surface area contributed by atoms with Crippen LogP contribution in [-0.2, 0) is 0 Å². The van der Waals surface area contributed by atoms with E-state index in [0.717, 1.165) is 0 Å². The van der Waals surface area contributed by atoms with E-state index >= 15 is 0 Å². The normalized spacial score (nSPS) is 9.60. The molecular weight excluding hydrogens is 214 g/mol. The molecule has 0 bridgehead atoms. The molecule has 80 valence electrons. The van der Waals surface area contributed by atoms with Crippen molar-refractivity contribution in [2.75, 3.05) is 18.0 Å². The molecule has 0 aliphatic carbocycles. The molecule has 0 aliphatic rings. The van der Waals surface area contributed by atoms with Gasteiger partial charge >= 0.3 is 5.82 Å². The first-order valence-electron chi connectivity index (χ1n) is 4.25. The second-order valence-corrected chi connectivity index (χ2v) is 3.55. The fourth-order valence-corrected chi connectivity index (χ4v) is 1.91. The summed E-state index contributed by atoms with van der Waals surface area (Å²) in [6, 6.07) is 0. The Morgan fingerprint density at radius 2 is 2.13 bits per heavy atom. The van der Waals surface area contributed by atoms with Crippen LogP contribution in [0, 0.1) is 10.1 Å². The summed E-state index contributed by atoms with van der Waals surface area (Å²) in [7, 11) is 0. The lowest BCUT2D eigenvalue weighted by molar-refractivity contribution is -0.388. The van der Waals surface area contributed by atoms with E-state index in [0.29, 0.717) is 18.1 Å². The number of thiazole rings is 1. The van der Waals surface area contributed by atoms with Crippen LogP contribution in [0.25, 0.3) is 0 Å². The van der Waals surface area contributed by atoms with Crippen molar-refractivity contribution >= 4 is 22.2 Å². The molecule has 0 saturated carbocycles. The van der Waals surface area contributed by atoms with Gasteiger partial charge in [0.05, 0.1) is 0 Å². The van der Waals surface area contributed by atoms with Crippen LogP contribution in [0.5, 0.6) is 0 Å². The lowest BCUT2D eigenvalue weighted by atomic mass is 10.4. The minimum atomic E-state index is -0.481. The second-order valence-electron chi connectivity index (χ2n) is 2.72. The predicted molar refractivity (Wildman–Crippen MR) is 61.4 cm³/mol. The van der Waals surface area contributed by atoms with Crippen molar-refractivity contribution in [1.29, 1.82) is 0 Å². The Hall–Kier alpha value is -1.69. The molecule has 1 aromatic rings. The summed E-state index contributed by atoms with van der Waals surface area (Å²) in [5, 5.41) is 11.2. The second kappa shape index (κ2) is 5.26. The Morgan fingerprint density at radius 1 is 1.53 bits per heavy atom. The van der Waals surface area contributed by atoms with Crippen LogP contribution in [-0.4, -0.2) is 23.0 Å². The number of hydrogen-bond acceptors (Lipinski definition) is 5. The highest BCUT2D eigenvalue weighted by Crippen LogP contribution is 2.31. The number of nitrogens with zero attached hydrogens (tertiary/aromatic N) is 3. The highest BCUT2D eigenvalue weighted by Gasteiger charge is 2.21. The Kier molecular flexibility index (Phi) is 3.99. The molecule has 0 radical (unpaired) electrons. The lowest BCUT2D eigenvalue weighted by Gasteiger charge is -2.17. The summed E-state index contributed by atoms with van der Waals surface area (Å²) in [4.78, 5) is 15.7. The summed E-state index contributed by atoms with van der Waals surface area (Å²) in [5.74, 6) is -0.108. The van der Waals surface area contributed by atoms with Gasteiger partial charge in [0.15, 0.2) is 10.5 Å². The van der Waals surface area contributed by atoms with Gasteiger partial charge in [0.2, 0.25) is 0 Å². The molecule has 0 unspecified atom stereocenters. The minimum absolute atomic E-state index is 0.108. The fraction of sp³-hybridized carbons (Fsp3) is 0.222. The van der Waals surface area contributed by atoms with Gasteiger partial charge in [0.25, 0.3) is 0 Å². The summed E-state index contributed by atoms with van der Waals surface area (Å²) in [6.45, 7) is 8.28. The van der Waals surface area contributed by atoms with Crippen LogP contribution < -0.4 is 4.90 Å². The summed E-state index contributed by atoms with van der Waals surface area (Å²) >= 11 is 1.24. The van der Waals surface area contributed by atoms with Crippen LogP contribution in [0.2, 0.25) is 0 Å². The van der Waals surface area contributed by atoms with Crippen molar-refractivity contribution < 1.29 is 4.92 Å². The Bertz CT molecular complexity index is 365. The maximum atomic E-state index is 10.7. The van der Waals surface area contributed by atoms with E-state index in [1.54, 1.807) is 17.1 Å². The maximum Gasteiger partial charge on any atom is 0.398 e. The SMILES string of the molecule is C=CCN(CC=C)c1scnc1[N+](=O)[O-]. The molecule has 5 nitrogen and oxygen atoms in total. The molecule has 0 spiro atoms. The summed E-state index contributed by atoms with van der Waals surface area (Å²) < 4.78 is 0. The average molecular weight is 225 g/mol. The molecule has 0 aromatic carbocycles. The van der Waals surface area contributed by atoms with Crippen LogP contribution in [0.4, 0.5) is 10.8 Å². The zero-order chi connectivity index (χ0) is 11.3. The van der Waals surface area contributed by atoms with E-state index in [4.69, 9.17) is 0 Å². The molecule has 0 N–H and O–H groups in total. The monoisotopic (exact) mass is 225 g/mol. The molecule has 0 amide bonds. The first-order valence-corrected chi connectivity index (χ1v) is 5.13. The van der Waals surface area contributed by atoms with Gasteiger partial charge in [0, 0.05) is 13.1 Å². The number of hydrogen-bond donors (Lipinski definition) is 0. The van der Waals surface area contributed by atoms with Gasteiger partial charge in [-0.15, -0.1) is 13.2 Å². The Labute approximate surface area is 91.5 Å². The van der Waals surface area contributed by atoms with Crippen LogP contribution in [0.1, 0.15) is 0 Å². The lowest BCUT2D eigenvalue weighted by Crippen LogP contribution is -2.22. The molecule has 6 heteroatoms. The molecule has 0 saturated heterocycles. The smallest absolute Gasteiger partial charge is 0.358 e. The third-order valence-corrected chi connectivity index (χ3v) is 2.56. The summed E-state index contributed by atoms with van der Waals surface area (Å²) in [6.07, 6.45) is 3.37. The molecule has 1 aromatic heterocycles. The van der Waals surface area contributed by atoms with Gasteiger partial charge in [-0.1, -0.05) is 23.5 Å². The third kappa shape index (κ3) is 2.63. The Balaban J connectivity index is 2.98. The topological polar surface area (TPSA) is 59.3 Å². The van der Waals surface area contributed by atoms with Gasteiger partial charge in [-0.05, 0) is 9.91 Å². The number of rotatable bonds is 6. The van der Waals surface area contributed by atoms with Crippen LogP contribution in [0.15, 0.2) is 30.8 Å². The van der Waals surface area contributed by atoms with Crippen molar-refractivity contribution in [3.63, 3.8) is 0 Å². The van der Waals surface area contributed by atoms with Crippen molar-refractivity contribution in [3.05, 3.63) is 40.9 Å². The van der Waals surface area contributed by atoms with E-state index in [-0.39, 0.29) is 5.82 Å². The van der Waals surface area contributed by atoms with Crippen molar-refractivity contribution in [3.8, 4) is 0 Å². The van der Waals surface area contributed by atoms with Gasteiger partial charge in [-0.3, -0.25) is 0 Å². The average Bonchev–Trinajstić information content (AvgIpc) is 2.65. The standard InChI is InChI=1S/C9H11N3O2S/c1-3-5-11(6-4-2)9-8(12(13)14)10-7-15-9/h3-4,7H,1-2,5-6H2. The molecule has 0 fully saturated rings. The molecular formula is C9H11N3O2S. The molecule has 15 heavy (non-hydrogen) atoms. The highest BCUT2D eigenvalue weighted by molar-refractivity contribution is 7.14. The van der Waals surface area contributed by atoms with Gasteiger partial charge in [-0.2, -0.15) is 0 Å². The summed E-state index contributed by atoms with van der Waals surface area (Å²) in [5.41, 5.74) is 1.46. The quantitative estimate of drug-likeness (QED) is 0.423. The third-order valence-electron chi connectivity index (χ3n) is 1.69. The van der Waals surface area contributed by atoms with Crippen LogP contribution >= 0.6 is 11.3 Å². The molecule has 1 rings (SSSR count). The number of nitro groups is 1. The first-order chi connectivity index (χ1) is 7.20. The maximum absolute atomic E-state index is 10.7. The van der Waals surface area contributed by atoms with Crippen LogP contribution in [0.3, 0.4) is 0 Å². The van der Waals surface area contributed by atoms with Crippen molar-refractivity contribution in [2.24, 2.45) is 0 Å². The highest BCUT2D eigenvalue weighted by atomic mass is 32.1. The van der Waals surface area contributed by atoms with E-state index < -0.39 is 4.92 Å². The van der Waals surface area contributed by atoms with Crippen molar-refractivity contribution in [1.82, 2.24) is 4.98 Å². The van der Waals surface area contributed by atoms with Gasteiger partial charge < -0.3 is 15.0 Å². The molecule has 1 heterocycles. The zero-order valence-electron chi connectivity index (χ0n) is 8.13. The first kappa shape index (κ1) is 11.4. The van der Waals surface area contributed by atoms with E-state index in [9.17, 15) is 10.1 Å². The van der Waals surface area contributed by atoms with E-state index in [1.165, 1.54) is 16.8 Å². The number of aromatic nitrogens is 1. The largest absolute Gasteiger partial charge is 0.398 e. The zero-order valence-corrected chi connectivity index (χ0v) is 8.94.